The minimum atomic E-state index is -1.08. The summed E-state index contributed by atoms with van der Waals surface area (Å²) in [7, 11) is 0. The van der Waals surface area contributed by atoms with Gasteiger partial charge in [0.25, 0.3) is 0 Å². The predicted octanol–water partition coefficient (Wildman–Crippen LogP) is 6.01. The monoisotopic (exact) mass is 550 g/mol. The van der Waals surface area contributed by atoms with Crippen molar-refractivity contribution >= 4 is 33.4 Å². The van der Waals surface area contributed by atoms with Crippen LogP contribution in [-0.2, 0) is 9.59 Å². The van der Waals surface area contributed by atoms with Gasteiger partial charge in [0.1, 0.15) is 6.42 Å². The summed E-state index contributed by atoms with van der Waals surface area (Å²) in [6.07, 6.45) is 5.51. The maximum atomic E-state index is 13.5. The Balaban J connectivity index is 1.26. The van der Waals surface area contributed by atoms with Crippen LogP contribution in [0.25, 0.3) is 21.5 Å². The highest BCUT2D eigenvalue weighted by Gasteiger charge is 2.43. The molecule has 2 aliphatic rings. The molecule has 6 nitrogen and oxygen atoms in total. The molecule has 0 bridgehead atoms. The fourth-order valence-electron chi connectivity index (χ4n) is 7.13. The van der Waals surface area contributed by atoms with Crippen molar-refractivity contribution in [1.29, 1.82) is 0 Å². The van der Waals surface area contributed by atoms with Crippen LogP contribution in [0.2, 0.25) is 0 Å². The van der Waals surface area contributed by atoms with Crippen molar-refractivity contribution in [3.8, 4) is 0 Å². The molecular weight excluding hydrogens is 512 g/mol. The van der Waals surface area contributed by atoms with Gasteiger partial charge in [-0.1, -0.05) is 111 Å². The number of amides is 2. The van der Waals surface area contributed by atoms with E-state index >= 15 is 0 Å². The van der Waals surface area contributed by atoms with Crippen LogP contribution in [0, 0.1) is 0 Å². The van der Waals surface area contributed by atoms with Crippen LogP contribution in [0.3, 0.4) is 0 Å². The van der Waals surface area contributed by atoms with Crippen LogP contribution in [-0.4, -0.2) is 33.2 Å². The predicted molar refractivity (Wildman–Crippen MR) is 161 cm³/mol. The Hall–Kier alpha value is -3.74. The molecule has 6 heteroatoms. The van der Waals surface area contributed by atoms with E-state index < -0.39 is 41.5 Å². The van der Waals surface area contributed by atoms with Gasteiger partial charge in [0.15, 0.2) is 0 Å². The lowest BCUT2D eigenvalue weighted by atomic mass is 9.84. The zero-order valence-corrected chi connectivity index (χ0v) is 23.3. The van der Waals surface area contributed by atoms with E-state index in [2.05, 4.69) is 10.6 Å². The van der Waals surface area contributed by atoms with Crippen molar-refractivity contribution in [3.05, 3.63) is 96.1 Å². The van der Waals surface area contributed by atoms with Crippen molar-refractivity contribution in [1.82, 2.24) is 10.6 Å². The number of benzene rings is 4. The number of hydrogen-bond acceptors (Lipinski definition) is 4. The number of fused-ring (bicyclic) bond motifs is 2. The molecule has 0 saturated heterocycles. The average Bonchev–Trinajstić information content (AvgIpc) is 3.63. The van der Waals surface area contributed by atoms with Crippen LogP contribution in [0.5, 0.6) is 0 Å². The second kappa shape index (κ2) is 11.3. The Bertz CT molecular complexity index is 1440. The minimum Gasteiger partial charge on any atom is -0.387 e. The molecule has 0 spiro atoms. The molecular formula is C35H38N2O4. The molecule has 6 rings (SSSR count). The summed E-state index contributed by atoms with van der Waals surface area (Å²) in [5.74, 6) is -0.897. The Morgan fingerprint density at radius 3 is 1.37 bits per heavy atom. The van der Waals surface area contributed by atoms with Crippen LogP contribution >= 0.6 is 0 Å². The van der Waals surface area contributed by atoms with Gasteiger partial charge in [-0.15, -0.1) is 0 Å². The van der Waals surface area contributed by atoms with Gasteiger partial charge in [-0.25, -0.2) is 0 Å². The summed E-state index contributed by atoms with van der Waals surface area (Å²) in [4.78, 5) is 26.9. The maximum absolute atomic E-state index is 13.5. The van der Waals surface area contributed by atoms with Crippen LogP contribution in [0.1, 0.15) is 81.0 Å². The first kappa shape index (κ1) is 27.4. The molecule has 2 atom stereocenters. The van der Waals surface area contributed by atoms with E-state index in [0.29, 0.717) is 25.7 Å². The summed E-state index contributed by atoms with van der Waals surface area (Å²) in [6, 6.07) is 26.5. The van der Waals surface area contributed by atoms with E-state index in [1.54, 1.807) is 0 Å². The zero-order valence-electron chi connectivity index (χ0n) is 23.3. The molecule has 212 valence electrons. The highest BCUT2D eigenvalue weighted by molar-refractivity contribution is 5.98. The molecule has 0 aromatic heterocycles. The molecule has 41 heavy (non-hydrogen) atoms. The molecule has 0 radical (unpaired) electrons. The lowest BCUT2D eigenvalue weighted by molar-refractivity contribution is -0.132. The SMILES string of the molecule is O=C(CC(=O)N[C@@H](c1cccc2ccccc12)C1(O)CCCC1)N[C@@H](c1cccc2ccccc12)C1(O)CCCC1. The summed E-state index contributed by atoms with van der Waals surface area (Å²) in [5.41, 5.74) is -0.452. The number of carbonyl (C=O) groups is 2. The molecule has 4 aromatic carbocycles. The Morgan fingerprint density at radius 2 is 0.951 bits per heavy atom. The standard InChI is InChI=1S/C35H38N2O4/c38-30(36-32(34(40)19-5-6-20-34)28-17-9-13-24-11-1-3-15-26(24)28)23-31(39)37-33(35(41)21-7-8-22-35)29-18-10-14-25-12-2-4-16-27(25)29/h1-4,9-18,32-33,40-41H,5-8,19-23H2,(H,36,38)(H,37,39)/t32-,33-/m0/s1. The summed E-state index contributed by atoms with van der Waals surface area (Å²) >= 11 is 0. The van der Waals surface area contributed by atoms with Crippen LogP contribution < -0.4 is 10.6 Å². The van der Waals surface area contributed by atoms with Gasteiger partial charge in [0, 0.05) is 0 Å². The second-order valence-electron chi connectivity index (χ2n) is 11.9. The van der Waals surface area contributed by atoms with Gasteiger partial charge in [-0.05, 0) is 58.4 Å². The molecule has 2 amide bonds. The summed E-state index contributed by atoms with van der Waals surface area (Å²) in [6.45, 7) is 0. The van der Waals surface area contributed by atoms with E-state index in [1.807, 2.05) is 84.9 Å². The molecule has 4 aromatic rings. The van der Waals surface area contributed by atoms with Gasteiger partial charge < -0.3 is 20.8 Å². The first-order valence-electron chi connectivity index (χ1n) is 14.9. The van der Waals surface area contributed by atoms with Crippen molar-refractivity contribution in [3.63, 3.8) is 0 Å². The van der Waals surface area contributed by atoms with Crippen LogP contribution in [0.4, 0.5) is 0 Å². The van der Waals surface area contributed by atoms with Crippen molar-refractivity contribution < 1.29 is 19.8 Å². The lowest BCUT2D eigenvalue weighted by Gasteiger charge is -2.35. The lowest BCUT2D eigenvalue weighted by Crippen LogP contribution is -2.47. The maximum Gasteiger partial charge on any atom is 0.230 e. The van der Waals surface area contributed by atoms with Crippen LogP contribution in [0.15, 0.2) is 84.9 Å². The zero-order chi connectivity index (χ0) is 28.5. The fourth-order valence-corrected chi connectivity index (χ4v) is 7.13. The smallest absolute Gasteiger partial charge is 0.230 e. The Morgan fingerprint density at radius 1 is 0.585 bits per heavy atom. The number of rotatable bonds is 8. The Kier molecular flexibility index (Phi) is 7.54. The largest absolute Gasteiger partial charge is 0.387 e. The molecule has 2 fully saturated rings. The summed E-state index contributed by atoms with van der Waals surface area (Å²) in [5, 5.41) is 33.5. The molecule has 2 saturated carbocycles. The number of aliphatic hydroxyl groups is 2. The van der Waals surface area contributed by atoms with E-state index in [4.69, 9.17) is 0 Å². The molecule has 0 aliphatic heterocycles. The number of nitrogens with one attached hydrogen (secondary N) is 2. The van der Waals surface area contributed by atoms with E-state index in [0.717, 1.165) is 58.4 Å². The van der Waals surface area contributed by atoms with E-state index in [1.165, 1.54) is 0 Å². The van der Waals surface area contributed by atoms with Gasteiger partial charge >= 0.3 is 0 Å². The normalized spacial score (nSPS) is 19.2. The Labute approximate surface area is 240 Å². The average molecular weight is 551 g/mol. The van der Waals surface area contributed by atoms with Gasteiger partial charge in [-0.2, -0.15) is 0 Å². The van der Waals surface area contributed by atoms with Gasteiger partial charge in [0.05, 0.1) is 23.3 Å². The van der Waals surface area contributed by atoms with E-state index in [-0.39, 0.29) is 0 Å². The number of hydrogen-bond donors (Lipinski definition) is 4. The third-order valence-corrected chi connectivity index (χ3v) is 9.21. The molecule has 0 unspecified atom stereocenters. The third-order valence-electron chi connectivity index (χ3n) is 9.21. The first-order chi connectivity index (χ1) is 19.9. The second-order valence-corrected chi connectivity index (χ2v) is 11.9. The van der Waals surface area contributed by atoms with Gasteiger partial charge in [0.2, 0.25) is 11.8 Å². The number of carbonyl (C=O) groups excluding carboxylic acids is 2. The van der Waals surface area contributed by atoms with Gasteiger partial charge in [-0.3, -0.25) is 9.59 Å². The third kappa shape index (κ3) is 5.46. The quantitative estimate of drug-likeness (QED) is 0.202. The van der Waals surface area contributed by atoms with Crippen molar-refractivity contribution in [2.45, 2.75) is 81.1 Å². The highest BCUT2D eigenvalue weighted by atomic mass is 16.3. The molecule has 2 aliphatic carbocycles. The topological polar surface area (TPSA) is 98.7 Å². The highest BCUT2D eigenvalue weighted by Crippen LogP contribution is 2.43. The first-order valence-corrected chi connectivity index (χ1v) is 14.9. The van der Waals surface area contributed by atoms with E-state index in [9.17, 15) is 19.8 Å². The fraction of sp³-hybridized carbons (Fsp3) is 0.371. The molecule has 0 heterocycles. The van der Waals surface area contributed by atoms with Crippen molar-refractivity contribution in [2.75, 3.05) is 0 Å². The minimum absolute atomic E-state index is 0.394. The molecule has 4 N–H and O–H groups in total. The summed E-state index contributed by atoms with van der Waals surface area (Å²) < 4.78 is 0. The van der Waals surface area contributed by atoms with Crippen molar-refractivity contribution in [2.24, 2.45) is 0 Å².